The largest absolute Gasteiger partial charge is 0.355 e. The molecule has 0 unspecified atom stereocenters. The molecule has 0 radical (unpaired) electrons. The Balaban J connectivity index is 2.26. The van der Waals surface area contributed by atoms with Gasteiger partial charge < -0.3 is 10.6 Å². The summed E-state index contributed by atoms with van der Waals surface area (Å²) in [5.41, 5.74) is 0.263. The Labute approximate surface area is 144 Å². The van der Waals surface area contributed by atoms with Crippen molar-refractivity contribution in [3.8, 4) is 0 Å². The molecule has 0 spiro atoms. The molecule has 25 heavy (non-hydrogen) atoms. The summed E-state index contributed by atoms with van der Waals surface area (Å²) in [7, 11) is -2.47. The number of halogens is 1. The third-order valence-electron chi connectivity index (χ3n) is 3.18. The molecule has 3 N–H and O–H groups in total. The van der Waals surface area contributed by atoms with E-state index in [4.69, 9.17) is 0 Å². The fourth-order valence-corrected chi connectivity index (χ4v) is 3.07. The number of benzene rings is 2. The van der Waals surface area contributed by atoms with Gasteiger partial charge in [-0.2, -0.15) is 0 Å². The van der Waals surface area contributed by atoms with Crippen LogP contribution in [0.25, 0.3) is 0 Å². The molecule has 2 aromatic rings. The number of hydrogen-bond acceptors (Lipinski definition) is 4. The molecule has 2 amide bonds. The number of amides is 2. The van der Waals surface area contributed by atoms with E-state index in [1.54, 1.807) is 0 Å². The molecule has 0 bridgehead atoms. The Bertz CT molecular complexity index is 911. The lowest BCUT2D eigenvalue weighted by molar-refractivity contribution is -0.114. The van der Waals surface area contributed by atoms with Crippen molar-refractivity contribution in [2.45, 2.75) is 11.8 Å². The van der Waals surface area contributed by atoms with Crippen LogP contribution in [0.1, 0.15) is 17.3 Å². The number of carbonyl (C=O) groups is 2. The van der Waals surface area contributed by atoms with Gasteiger partial charge in [0, 0.05) is 19.5 Å². The highest BCUT2D eigenvalue weighted by Crippen LogP contribution is 2.22. The molecule has 2 aromatic carbocycles. The Morgan fingerprint density at radius 3 is 2.24 bits per heavy atom. The van der Waals surface area contributed by atoms with Gasteiger partial charge in [0.2, 0.25) is 5.91 Å². The first-order valence-electron chi connectivity index (χ1n) is 7.15. The highest BCUT2D eigenvalue weighted by atomic mass is 32.2. The van der Waals surface area contributed by atoms with E-state index in [-0.39, 0.29) is 22.2 Å². The Hall–Kier alpha value is -2.94. The number of anilines is 2. The molecule has 7 nitrogen and oxygen atoms in total. The molecular weight excluding hydrogens is 349 g/mol. The maximum Gasteiger partial charge on any atom is 0.261 e. The van der Waals surface area contributed by atoms with E-state index < -0.39 is 21.7 Å². The zero-order chi connectivity index (χ0) is 18.6. The van der Waals surface area contributed by atoms with Crippen LogP contribution in [0.15, 0.2) is 47.4 Å². The first kappa shape index (κ1) is 18.4. The van der Waals surface area contributed by atoms with Crippen LogP contribution in [0, 0.1) is 5.82 Å². The second kappa shape index (κ2) is 7.31. The van der Waals surface area contributed by atoms with E-state index >= 15 is 0 Å². The van der Waals surface area contributed by atoms with Crippen LogP contribution in [0.5, 0.6) is 0 Å². The molecule has 9 heteroatoms. The second-order valence-corrected chi connectivity index (χ2v) is 6.77. The highest BCUT2D eigenvalue weighted by Gasteiger charge is 2.16. The first-order chi connectivity index (χ1) is 11.7. The van der Waals surface area contributed by atoms with E-state index in [1.807, 2.05) is 0 Å². The number of rotatable bonds is 5. The topological polar surface area (TPSA) is 104 Å². The fourth-order valence-electron chi connectivity index (χ4n) is 2.02. The number of sulfonamides is 1. The fraction of sp³-hybridized carbons (Fsp3) is 0.125. The zero-order valence-corrected chi connectivity index (χ0v) is 14.3. The predicted octanol–water partition coefficient (Wildman–Crippen LogP) is 1.94. The summed E-state index contributed by atoms with van der Waals surface area (Å²) in [6.45, 7) is 1.21. The molecule has 0 fully saturated rings. The summed E-state index contributed by atoms with van der Waals surface area (Å²) in [6.07, 6.45) is 0. The van der Waals surface area contributed by atoms with Gasteiger partial charge in [0.1, 0.15) is 5.82 Å². The average Bonchev–Trinajstić information content (AvgIpc) is 2.56. The van der Waals surface area contributed by atoms with E-state index in [0.717, 1.165) is 6.07 Å². The Kier molecular flexibility index (Phi) is 5.38. The van der Waals surface area contributed by atoms with Gasteiger partial charge in [-0.1, -0.05) is 0 Å². The van der Waals surface area contributed by atoms with E-state index in [2.05, 4.69) is 15.4 Å². The van der Waals surface area contributed by atoms with Crippen LogP contribution >= 0.6 is 0 Å². The monoisotopic (exact) mass is 365 g/mol. The standard InChI is InChI=1S/C16H16FN3O4S/c1-10(21)19-15-9-12(5-8-14(15)17)20-25(23,24)13-6-3-11(4-7-13)16(22)18-2/h3-9,20H,1-2H3,(H,18,22)(H,19,21). The van der Waals surface area contributed by atoms with Gasteiger partial charge in [0.05, 0.1) is 16.3 Å². The van der Waals surface area contributed by atoms with Crippen molar-refractivity contribution in [2.75, 3.05) is 17.1 Å². The maximum atomic E-state index is 13.6. The molecule has 0 saturated carbocycles. The normalized spacial score (nSPS) is 10.8. The molecule has 0 aliphatic carbocycles. The highest BCUT2D eigenvalue weighted by molar-refractivity contribution is 7.92. The third kappa shape index (κ3) is 4.54. The first-order valence-corrected chi connectivity index (χ1v) is 8.63. The minimum Gasteiger partial charge on any atom is -0.355 e. The number of hydrogen-bond donors (Lipinski definition) is 3. The lowest BCUT2D eigenvalue weighted by Crippen LogP contribution is -2.18. The van der Waals surface area contributed by atoms with Crippen LogP contribution in [0.3, 0.4) is 0 Å². The molecule has 132 valence electrons. The number of carbonyl (C=O) groups excluding carboxylic acids is 2. The maximum absolute atomic E-state index is 13.6. The van der Waals surface area contributed by atoms with Gasteiger partial charge in [-0.3, -0.25) is 14.3 Å². The summed E-state index contributed by atoms with van der Waals surface area (Å²) >= 11 is 0. The lowest BCUT2D eigenvalue weighted by Gasteiger charge is -2.11. The van der Waals surface area contributed by atoms with E-state index in [1.165, 1.54) is 50.4 Å². The summed E-state index contributed by atoms with van der Waals surface area (Å²) in [5.74, 6) is -1.51. The lowest BCUT2D eigenvalue weighted by atomic mass is 10.2. The molecule has 0 atom stereocenters. The molecule has 0 saturated heterocycles. The van der Waals surface area contributed by atoms with Gasteiger partial charge in [0.25, 0.3) is 15.9 Å². The van der Waals surface area contributed by atoms with Gasteiger partial charge in [-0.25, -0.2) is 12.8 Å². The molecule has 0 aliphatic rings. The van der Waals surface area contributed by atoms with Crippen molar-refractivity contribution < 1.29 is 22.4 Å². The van der Waals surface area contributed by atoms with Crippen molar-refractivity contribution in [3.63, 3.8) is 0 Å². The second-order valence-electron chi connectivity index (χ2n) is 5.08. The predicted molar refractivity (Wildman–Crippen MR) is 91.3 cm³/mol. The van der Waals surface area contributed by atoms with Crippen LogP contribution in [-0.2, 0) is 14.8 Å². The van der Waals surface area contributed by atoms with Crippen molar-refractivity contribution >= 4 is 33.2 Å². The molecular formula is C16H16FN3O4S. The molecule has 0 aromatic heterocycles. The SMILES string of the molecule is CNC(=O)c1ccc(S(=O)(=O)Nc2ccc(F)c(NC(C)=O)c2)cc1. The quantitative estimate of drug-likeness (QED) is 0.753. The Morgan fingerprint density at radius 1 is 1.04 bits per heavy atom. The smallest absolute Gasteiger partial charge is 0.261 e. The third-order valence-corrected chi connectivity index (χ3v) is 4.58. The van der Waals surface area contributed by atoms with Crippen LogP contribution in [0.2, 0.25) is 0 Å². The van der Waals surface area contributed by atoms with Crippen molar-refractivity contribution in [2.24, 2.45) is 0 Å². The summed E-state index contributed by atoms with van der Waals surface area (Å²) in [4.78, 5) is 22.5. The van der Waals surface area contributed by atoms with E-state index in [0.29, 0.717) is 5.56 Å². The Morgan fingerprint density at radius 2 is 1.68 bits per heavy atom. The molecule has 0 aliphatic heterocycles. The number of nitrogens with one attached hydrogen (secondary N) is 3. The summed E-state index contributed by atoms with van der Waals surface area (Å²) < 4.78 is 40.7. The molecule has 2 rings (SSSR count). The van der Waals surface area contributed by atoms with Gasteiger partial charge in [0.15, 0.2) is 0 Å². The van der Waals surface area contributed by atoms with Gasteiger partial charge in [-0.05, 0) is 42.5 Å². The summed E-state index contributed by atoms with van der Waals surface area (Å²) in [6, 6.07) is 8.76. The van der Waals surface area contributed by atoms with Crippen molar-refractivity contribution in [1.29, 1.82) is 0 Å². The van der Waals surface area contributed by atoms with Crippen LogP contribution in [0.4, 0.5) is 15.8 Å². The molecule has 0 heterocycles. The zero-order valence-electron chi connectivity index (χ0n) is 13.5. The van der Waals surface area contributed by atoms with Crippen molar-refractivity contribution in [3.05, 3.63) is 53.8 Å². The average molecular weight is 365 g/mol. The summed E-state index contributed by atoms with van der Waals surface area (Å²) in [5, 5.41) is 4.70. The van der Waals surface area contributed by atoms with Crippen LogP contribution in [-0.4, -0.2) is 27.3 Å². The van der Waals surface area contributed by atoms with E-state index in [9.17, 15) is 22.4 Å². The minimum atomic E-state index is -3.94. The van der Waals surface area contributed by atoms with Crippen LogP contribution < -0.4 is 15.4 Å². The van der Waals surface area contributed by atoms with Crippen molar-refractivity contribution in [1.82, 2.24) is 5.32 Å². The minimum absolute atomic E-state index is 0.0643. The van der Waals surface area contributed by atoms with Gasteiger partial charge >= 0.3 is 0 Å². The van der Waals surface area contributed by atoms with Gasteiger partial charge in [-0.15, -0.1) is 0 Å².